The number of hydrogen-bond donors (Lipinski definition) is 1. The van der Waals surface area contributed by atoms with E-state index in [9.17, 15) is 14.4 Å². The van der Waals surface area contributed by atoms with Crippen LogP contribution >= 0.6 is 23.4 Å². The van der Waals surface area contributed by atoms with Gasteiger partial charge in [-0.1, -0.05) is 60.1 Å². The van der Waals surface area contributed by atoms with E-state index in [1.807, 2.05) is 30.3 Å². The smallest absolute Gasteiger partial charge is 0.293 e. The summed E-state index contributed by atoms with van der Waals surface area (Å²) in [4.78, 5) is 40.3. The molecule has 1 aliphatic heterocycles. The van der Waals surface area contributed by atoms with Crippen LogP contribution in [0.5, 0.6) is 0 Å². The topological polar surface area (TPSA) is 93.5 Å². The first-order valence-corrected chi connectivity index (χ1v) is 11.1. The van der Waals surface area contributed by atoms with Crippen molar-refractivity contribution in [2.24, 2.45) is 0 Å². The second-order valence-electron chi connectivity index (χ2n) is 6.99. The number of benzene rings is 2. The van der Waals surface area contributed by atoms with Crippen LogP contribution in [0.25, 0.3) is 6.08 Å². The van der Waals surface area contributed by atoms with E-state index < -0.39 is 11.1 Å². The summed E-state index contributed by atoms with van der Waals surface area (Å²) in [5.41, 5.74) is 1.66. The number of amides is 3. The number of carbonyl (C=O) groups is 3. The first-order valence-electron chi connectivity index (χ1n) is 9.87. The molecule has 1 fully saturated rings. The SMILES string of the molecule is N#CCN(CC(=O)NCCN1C(=O)SC(=Cc2ccccc2Cl)C1=O)Cc1ccccc1. The molecular formula is C23H21ClN4O3S. The van der Waals surface area contributed by atoms with Gasteiger partial charge in [0.1, 0.15) is 0 Å². The number of nitriles is 1. The van der Waals surface area contributed by atoms with E-state index in [4.69, 9.17) is 16.9 Å². The van der Waals surface area contributed by atoms with E-state index >= 15 is 0 Å². The highest BCUT2D eigenvalue weighted by atomic mass is 35.5. The molecule has 1 saturated heterocycles. The summed E-state index contributed by atoms with van der Waals surface area (Å²) in [5, 5.41) is 11.8. The van der Waals surface area contributed by atoms with Gasteiger partial charge in [0.15, 0.2) is 0 Å². The van der Waals surface area contributed by atoms with E-state index in [2.05, 4.69) is 11.4 Å². The van der Waals surface area contributed by atoms with Crippen LogP contribution in [0.4, 0.5) is 4.79 Å². The Kier molecular flexibility index (Phi) is 8.45. The summed E-state index contributed by atoms with van der Waals surface area (Å²) in [7, 11) is 0. The van der Waals surface area contributed by atoms with Gasteiger partial charge in [0, 0.05) is 24.7 Å². The summed E-state index contributed by atoms with van der Waals surface area (Å²) in [6.45, 7) is 0.807. The average molecular weight is 469 g/mol. The quantitative estimate of drug-likeness (QED) is 0.447. The number of halogens is 1. The Morgan fingerprint density at radius 1 is 1.16 bits per heavy atom. The molecule has 0 aliphatic carbocycles. The van der Waals surface area contributed by atoms with E-state index in [0.29, 0.717) is 17.1 Å². The number of hydrogen-bond acceptors (Lipinski definition) is 6. The maximum Gasteiger partial charge on any atom is 0.293 e. The predicted octanol–water partition coefficient (Wildman–Crippen LogP) is 3.52. The zero-order chi connectivity index (χ0) is 22.9. The highest BCUT2D eigenvalue weighted by molar-refractivity contribution is 8.18. The van der Waals surface area contributed by atoms with Crippen molar-refractivity contribution in [1.82, 2.24) is 15.1 Å². The molecule has 2 aromatic carbocycles. The van der Waals surface area contributed by atoms with Crippen molar-refractivity contribution in [2.75, 3.05) is 26.2 Å². The zero-order valence-electron chi connectivity index (χ0n) is 17.2. The van der Waals surface area contributed by atoms with Crippen LogP contribution in [0.1, 0.15) is 11.1 Å². The van der Waals surface area contributed by atoms with Crippen LogP contribution in [0.2, 0.25) is 5.02 Å². The van der Waals surface area contributed by atoms with E-state index in [0.717, 1.165) is 22.2 Å². The molecule has 1 N–H and O–H groups in total. The normalized spacial score (nSPS) is 14.8. The van der Waals surface area contributed by atoms with Crippen LogP contribution in [0.3, 0.4) is 0 Å². The molecule has 3 amide bonds. The van der Waals surface area contributed by atoms with Gasteiger partial charge in [-0.2, -0.15) is 5.26 Å². The summed E-state index contributed by atoms with van der Waals surface area (Å²) in [6, 6.07) is 18.7. The molecule has 7 nitrogen and oxygen atoms in total. The second kappa shape index (κ2) is 11.5. The Balaban J connectivity index is 1.51. The van der Waals surface area contributed by atoms with Crippen LogP contribution in [-0.2, 0) is 16.1 Å². The van der Waals surface area contributed by atoms with Gasteiger partial charge in [-0.25, -0.2) is 0 Å². The van der Waals surface area contributed by atoms with Crippen molar-refractivity contribution >= 4 is 46.5 Å². The van der Waals surface area contributed by atoms with Crippen molar-refractivity contribution in [3.63, 3.8) is 0 Å². The van der Waals surface area contributed by atoms with E-state index in [1.165, 1.54) is 0 Å². The molecule has 0 radical (unpaired) electrons. The predicted molar refractivity (Wildman–Crippen MR) is 124 cm³/mol. The molecule has 32 heavy (non-hydrogen) atoms. The minimum absolute atomic E-state index is 0.0384. The van der Waals surface area contributed by atoms with Gasteiger partial charge in [-0.15, -0.1) is 0 Å². The minimum atomic E-state index is -0.413. The van der Waals surface area contributed by atoms with Crippen LogP contribution in [0.15, 0.2) is 59.5 Å². The minimum Gasteiger partial charge on any atom is -0.353 e. The fraction of sp³-hybridized carbons (Fsp3) is 0.217. The molecule has 1 heterocycles. The van der Waals surface area contributed by atoms with Gasteiger partial charge in [-0.05, 0) is 35.0 Å². The largest absolute Gasteiger partial charge is 0.353 e. The molecule has 9 heteroatoms. The van der Waals surface area contributed by atoms with E-state index in [-0.39, 0.29) is 37.0 Å². The molecule has 0 aromatic heterocycles. The molecule has 0 atom stereocenters. The van der Waals surface area contributed by atoms with Crippen molar-refractivity contribution in [2.45, 2.75) is 6.54 Å². The Morgan fingerprint density at radius 3 is 2.59 bits per heavy atom. The van der Waals surface area contributed by atoms with Gasteiger partial charge in [0.05, 0.1) is 24.1 Å². The third kappa shape index (κ3) is 6.44. The Labute approximate surface area is 195 Å². The fourth-order valence-electron chi connectivity index (χ4n) is 3.10. The lowest BCUT2D eigenvalue weighted by atomic mass is 10.2. The van der Waals surface area contributed by atoms with Crippen molar-refractivity contribution < 1.29 is 14.4 Å². The summed E-state index contributed by atoms with van der Waals surface area (Å²) in [5.74, 6) is -0.695. The van der Waals surface area contributed by atoms with Crippen LogP contribution in [0, 0.1) is 11.3 Å². The number of thioether (sulfide) groups is 1. The molecule has 0 bridgehead atoms. The molecule has 0 unspecified atom stereocenters. The third-order valence-electron chi connectivity index (χ3n) is 4.63. The Hall–Kier alpha value is -3.12. The molecule has 2 aromatic rings. The summed E-state index contributed by atoms with van der Waals surface area (Å²) >= 11 is 6.97. The lowest BCUT2D eigenvalue weighted by molar-refractivity contribution is -0.124. The first kappa shape index (κ1) is 23.5. The lowest BCUT2D eigenvalue weighted by Crippen LogP contribution is -2.41. The maximum absolute atomic E-state index is 12.6. The fourth-order valence-corrected chi connectivity index (χ4v) is 4.15. The molecule has 3 rings (SSSR count). The standard InChI is InChI=1S/C23H21ClN4O3S/c24-19-9-5-4-8-18(19)14-20-22(30)28(23(31)32-20)13-11-26-21(29)16-27(12-10-25)15-17-6-2-1-3-7-17/h1-9,14H,11-13,15-16H2,(H,26,29). The third-order valence-corrected chi connectivity index (χ3v) is 5.89. The maximum atomic E-state index is 12.6. The average Bonchev–Trinajstić information content (AvgIpc) is 3.03. The zero-order valence-corrected chi connectivity index (χ0v) is 18.7. The molecule has 0 spiro atoms. The number of rotatable bonds is 9. The van der Waals surface area contributed by atoms with Crippen molar-refractivity contribution in [1.29, 1.82) is 5.26 Å². The second-order valence-corrected chi connectivity index (χ2v) is 8.39. The summed E-state index contributed by atoms with van der Waals surface area (Å²) < 4.78 is 0. The molecule has 164 valence electrons. The van der Waals surface area contributed by atoms with Gasteiger partial charge < -0.3 is 5.32 Å². The van der Waals surface area contributed by atoms with Gasteiger partial charge in [-0.3, -0.25) is 24.2 Å². The van der Waals surface area contributed by atoms with Crippen molar-refractivity contribution in [3.05, 3.63) is 75.7 Å². The summed E-state index contributed by atoms with van der Waals surface area (Å²) in [6.07, 6.45) is 1.59. The molecular weight excluding hydrogens is 448 g/mol. The van der Waals surface area contributed by atoms with Gasteiger partial charge in [0.2, 0.25) is 5.91 Å². The lowest BCUT2D eigenvalue weighted by Gasteiger charge is -2.19. The van der Waals surface area contributed by atoms with Crippen molar-refractivity contribution in [3.8, 4) is 6.07 Å². The Morgan fingerprint density at radius 2 is 1.88 bits per heavy atom. The number of carbonyl (C=O) groups excluding carboxylic acids is 3. The monoisotopic (exact) mass is 468 g/mol. The molecule has 1 aliphatic rings. The number of imide groups is 1. The Bertz CT molecular complexity index is 1070. The van der Waals surface area contributed by atoms with Gasteiger partial charge >= 0.3 is 0 Å². The number of nitrogens with zero attached hydrogens (tertiary/aromatic N) is 3. The van der Waals surface area contributed by atoms with Crippen LogP contribution in [-0.4, -0.2) is 53.0 Å². The highest BCUT2D eigenvalue weighted by Crippen LogP contribution is 2.33. The van der Waals surface area contributed by atoms with Gasteiger partial charge in [0.25, 0.3) is 11.1 Å². The highest BCUT2D eigenvalue weighted by Gasteiger charge is 2.34. The number of nitrogens with one attached hydrogen (secondary N) is 1. The first-order chi connectivity index (χ1) is 15.5. The molecule has 0 saturated carbocycles. The van der Waals surface area contributed by atoms with E-state index in [1.54, 1.807) is 35.2 Å². The van der Waals surface area contributed by atoms with Crippen LogP contribution < -0.4 is 5.32 Å².